The molecule has 2 fully saturated rings. The maximum absolute atomic E-state index is 12.8. The first kappa shape index (κ1) is 17.3. The van der Waals surface area contributed by atoms with Gasteiger partial charge in [-0.25, -0.2) is 0 Å². The monoisotopic (exact) mass is 330 g/mol. The van der Waals surface area contributed by atoms with Crippen LogP contribution in [-0.2, 0) is 4.79 Å². The van der Waals surface area contributed by atoms with Gasteiger partial charge >= 0.3 is 0 Å². The quantitative estimate of drug-likeness (QED) is 0.890. The van der Waals surface area contributed by atoms with Crippen molar-refractivity contribution in [1.29, 1.82) is 0 Å². The number of carbonyl (C=O) groups is 1. The molecule has 4 heteroatoms. The SMILES string of the molecule is COc1ccc(C)cc1C(C)NC(=O)C1CC2CCCC(C1)C2N. The summed E-state index contributed by atoms with van der Waals surface area (Å²) in [5.41, 5.74) is 8.56. The Kier molecular flexibility index (Phi) is 5.14. The summed E-state index contributed by atoms with van der Waals surface area (Å²) in [5, 5.41) is 3.21. The molecule has 2 aliphatic carbocycles. The Balaban J connectivity index is 1.68. The van der Waals surface area contributed by atoms with Gasteiger partial charge in [-0.05, 0) is 57.4 Å². The van der Waals surface area contributed by atoms with E-state index >= 15 is 0 Å². The van der Waals surface area contributed by atoms with Gasteiger partial charge in [0, 0.05) is 17.5 Å². The van der Waals surface area contributed by atoms with Gasteiger partial charge in [-0.15, -0.1) is 0 Å². The number of nitrogens with one attached hydrogen (secondary N) is 1. The van der Waals surface area contributed by atoms with Crippen molar-refractivity contribution in [3.63, 3.8) is 0 Å². The number of methoxy groups -OCH3 is 1. The fourth-order valence-corrected chi connectivity index (χ4v) is 4.60. The summed E-state index contributed by atoms with van der Waals surface area (Å²) in [6.45, 7) is 4.09. The van der Waals surface area contributed by atoms with E-state index in [0.29, 0.717) is 17.9 Å². The summed E-state index contributed by atoms with van der Waals surface area (Å²) in [6, 6.07) is 6.34. The molecule has 3 rings (SSSR count). The molecule has 132 valence electrons. The largest absolute Gasteiger partial charge is 0.496 e. The molecule has 4 nitrogen and oxygen atoms in total. The van der Waals surface area contributed by atoms with E-state index in [1.54, 1.807) is 7.11 Å². The number of fused-ring (bicyclic) bond motifs is 2. The molecule has 2 aliphatic rings. The fourth-order valence-electron chi connectivity index (χ4n) is 4.60. The highest BCUT2D eigenvalue weighted by atomic mass is 16.5. The molecule has 0 radical (unpaired) electrons. The van der Waals surface area contributed by atoms with Gasteiger partial charge in [-0.1, -0.05) is 24.1 Å². The van der Waals surface area contributed by atoms with Gasteiger partial charge in [0.1, 0.15) is 5.75 Å². The third-order valence-electron chi connectivity index (χ3n) is 5.99. The number of rotatable bonds is 4. The lowest BCUT2D eigenvalue weighted by Gasteiger charge is -2.43. The first-order chi connectivity index (χ1) is 11.5. The standard InChI is InChI=1S/C20H30N2O2/c1-12-7-8-18(24-3)17(9-12)13(2)22-20(23)16-10-14-5-4-6-15(11-16)19(14)21/h7-9,13-16,19H,4-6,10-11,21H2,1-3H3,(H,22,23). The topological polar surface area (TPSA) is 64.3 Å². The van der Waals surface area contributed by atoms with Crippen molar-refractivity contribution in [3.8, 4) is 5.75 Å². The predicted molar refractivity (Wildman–Crippen MR) is 95.8 cm³/mol. The third-order valence-corrected chi connectivity index (χ3v) is 5.99. The summed E-state index contributed by atoms with van der Waals surface area (Å²) in [4.78, 5) is 12.8. The van der Waals surface area contributed by atoms with E-state index in [4.69, 9.17) is 10.5 Å². The number of hydrogen-bond donors (Lipinski definition) is 2. The number of nitrogens with two attached hydrogens (primary N) is 1. The summed E-state index contributed by atoms with van der Waals surface area (Å²) in [7, 11) is 1.67. The fraction of sp³-hybridized carbons (Fsp3) is 0.650. The smallest absolute Gasteiger partial charge is 0.223 e. The van der Waals surface area contributed by atoms with Gasteiger partial charge in [0.15, 0.2) is 0 Å². The Hall–Kier alpha value is -1.55. The van der Waals surface area contributed by atoms with E-state index in [2.05, 4.69) is 18.3 Å². The van der Waals surface area contributed by atoms with Crippen molar-refractivity contribution in [1.82, 2.24) is 5.32 Å². The average Bonchev–Trinajstić information content (AvgIpc) is 2.54. The summed E-state index contributed by atoms with van der Waals surface area (Å²) in [6.07, 6.45) is 5.53. The van der Waals surface area contributed by atoms with Crippen molar-refractivity contribution < 1.29 is 9.53 Å². The summed E-state index contributed by atoms with van der Waals surface area (Å²) < 4.78 is 5.46. The lowest BCUT2D eigenvalue weighted by molar-refractivity contribution is -0.128. The van der Waals surface area contributed by atoms with Crippen LogP contribution in [0.5, 0.6) is 5.75 Å². The zero-order chi connectivity index (χ0) is 17.3. The van der Waals surface area contributed by atoms with Crippen LogP contribution >= 0.6 is 0 Å². The minimum absolute atomic E-state index is 0.0530. The maximum Gasteiger partial charge on any atom is 0.223 e. The molecule has 24 heavy (non-hydrogen) atoms. The Morgan fingerprint density at radius 2 is 1.96 bits per heavy atom. The van der Waals surface area contributed by atoms with E-state index in [9.17, 15) is 4.79 Å². The van der Waals surface area contributed by atoms with E-state index in [-0.39, 0.29) is 17.9 Å². The normalized spacial score (nSPS) is 30.5. The second-order valence-electron chi connectivity index (χ2n) is 7.67. The van der Waals surface area contributed by atoms with Crippen molar-refractivity contribution >= 4 is 5.91 Å². The lowest BCUT2D eigenvalue weighted by Crippen LogP contribution is -2.49. The molecule has 0 aliphatic heterocycles. The van der Waals surface area contributed by atoms with Gasteiger partial charge in [0.25, 0.3) is 0 Å². The second-order valence-corrected chi connectivity index (χ2v) is 7.67. The first-order valence-corrected chi connectivity index (χ1v) is 9.20. The molecule has 0 saturated heterocycles. The van der Waals surface area contributed by atoms with Crippen molar-refractivity contribution in [3.05, 3.63) is 29.3 Å². The van der Waals surface area contributed by atoms with Crippen LogP contribution in [0.4, 0.5) is 0 Å². The minimum Gasteiger partial charge on any atom is -0.496 e. The lowest BCUT2D eigenvalue weighted by atomic mass is 9.65. The molecule has 3 atom stereocenters. The zero-order valence-electron chi connectivity index (χ0n) is 15.0. The van der Waals surface area contributed by atoms with Gasteiger partial charge in [-0.2, -0.15) is 0 Å². The molecule has 1 aromatic carbocycles. The van der Waals surface area contributed by atoms with Crippen LogP contribution < -0.4 is 15.8 Å². The Bertz CT molecular complexity index is 587. The first-order valence-electron chi connectivity index (χ1n) is 9.20. The Labute approximate surface area is 145 Å². The molecule has 0 heterocycles. The molecule has 1 amide bonds. The van der Waals surface area contributed by atoms with E-state index < -0.39 is 0 Å². The van der Waals surface area contributed by atoms with Crippen molar-refractivity contribution in [2.45, 2.75) is 58.0 Å². The average molecular weight is 330 g/mol. The highest BCUT2D eigenvalue weighted by molar-refractivity contribution is 5.79. The molecule has 3 N–H and O–H groups in total. The number of carbonyl (C=O) groups excluding carboxylic acids is 1. The number of hydrogen-bond acceptors (Lipinski definition) is 3. The number of ether oxygens (including phenoxy) is 1. The zero-order valence-corrected chi connectivity index (χ0v) is 15.0. The highest BCUT2D eigenvalue weighted by Crippen LogP contribution is 2.42. The summed E-state index contributed by atoms with van der Waals surface area (Å²) in [5.74, 6) is 2.17. The van der Waals surface area contributed by atoms with Crippen molar-refractivity contribution in [2.24, 2.45) is 23.5 Å². The third kappa shape index (κ3) is 3.44. The number of amides is 1. The predicted octanol–water partition coefficient (Wildman–Crippen LogP) is 3.33. The maximum atomic E-state index is 12.8. The molecule has 3 unspecified atom stereocenters. The van der Waals surface area contributed by atoms with Gasteiger partial charge in [0.05, 0.1) is 13.2 Å². The molecule has 0 aromatic heterocycles. The Morgan fingerprint density at radius 1 is 1.29 bits per heavy atom. The summed E-state index contributed by atoms with van der Waals surface area (Å²) >= 11 is 0. The number of benzene rings is 1. The molecule has 2 saturated carbocycles. The number of aryl methyl sites for hydroxylation is 1. The molecular weight excluding hydrogens is 300 g/mol. The van der Waals surface area contributed by atoms with E-state index in [1.807, 2.05) is 19.1 Å². The van der Waals surface area contributed by atoms with Crippen LogP contribution in [0, 0.1) is 24.7 Å². The van der Waals surface area contributed by atoms with Crippen LogP contribution in [0.15, 0.2) is 18.2 Å². The second kappa shape index (κ2) is 7.14. The van der Waals surface area contributed by atoms with Crippen LogP contribution in [0.2, 0.25) is 0 Å². The molecule has 0 spiro atoms. The molecule has 2 bridgehead atoms. The van der Waals surface area contributed by atoms with Gasteiger partial charge in [-0.3, -0.25) is 4.79 Å². The Morgan fingerprint density at radius 3 is 2.58 bits per heavy atom. The molecule has 1 aromatic rings. The molecular formula is C20H30N2O2. The van der Waals surface area contributed by atoms with Gasteiger partial charge < -0.3 is 15.8 Å². The van der Waals surface area contributed by atoms with Crippen LogP contribution in [0.25, 0.3) is 0 Å². The van der Waals surface area contributed by atoms with Crippen LogP contribution in [0.1, 0.15) is 56.2 Å². The van der Waals surface area contributed by atoms with Gasteiger partial charge in [0.2, 0.25) is 5.91 Å². The van der Waals surface area contributed by atoms with E-state index in [1.165, 1.54) is 24.8 Å². The van der Waals surface area contributed by atoms with Crippen LogP contribution in [0.3, 0.4) is 0 Å². The van der Waals surface area contributed by atoms with Crippen molar-refractivity contribution in [2.75, 3.05) is 7.11 Å². The highest BCUT2D eigenvalue weighted by Gasteiger charge is 2.40. The van der Waals surface area contributed by atoms with E-state index in [0.717, 1.165) is 24.2 Å². The van der Waals surface area contributed by atoms with Crippen LogP contribution in [-0.4, -0.2) is 19.1 Å². The minimum atomic E-state index is -0.0530.